The fourth-order valence-electron chi connectivity index (χ4n) is 4.42. The van der Waals surface area contributed by atoms with Crippen LogP contribution in [-0.2, 0) is 16.1 Å². The Labute approximate surface area is 179 Å². The summed E-state index contributed by atoms with van der Waals surface area (Å²) in [4.78, 5) is 17.1. The van der Waals surface area contributed by atoms with Gasteiger partial charge in [0.1, 0.15) is 12.4 Å². The summed E-state index contributed by atoms with van der Waals surface area (Å²) in [6.07, 6.45) is 0. The van der Waals surface area contributed by atoms with E-state index in [1.54, 1.807) is 7.11 Å². The first-order valence-electron chi connectivity index (χ1n) is 10.7. The van der Waals surface area contributed by atoms with Gasteiger partial charge in [-0.3, -0.25) is 9.69 Å². The Hall–Kier alpha value is -2.24. The molecule has 4 nitrogen and oxygen atoms in total. The highest BCUT2D eigenvalue weighted by molar-refractivity contribution is 5.77. The lowest BCUT2D eigenvalue weighted by Crippen LogP contribution is -2.41. The zero-order chi connectivity index (χ0) is 21.5. The van der Waals surface area contributed by atoms with Crippen LogP contribution < -0.4 is 0 Å². The van der Waals surface area contributed by atoms with Crippen molar-refractivity contribution in [3.8, 4) is 0 Å². The number of carbonyl (C=O) groups is 1. The van der Waals surface area contributed by atoms with E-state index in [2.05, 4.69) is 43.0 Å². The second-order valence-electron chi connectivity index (χ2n) is 8.72. The van der Waals surface area contributed by atoms with Crippen molar-refractivity contribution in [1.29, 1.82) is 0 Å². The van der Waals surface area contributed by atoms with Crippen molar-refractivity contribution in [3.63, 3.8) is 0 Å². The second-order valence-corrected chi connectivity index (χ2v) is 8.72. The molecule has 3 rings (SSSR count). The van der Waals surface area contributed by atoms with E-state index < -0.39 is 0 Å². The molecule has 5 heteroatoms. The van der Waals surface area contributed by atoms with Gasteiger partial charge in [0, 0.05) is 45.8 Å². The maximum absolute atomic E-state index is 13.5. The summed E-state index contributed by atoms with van der Waals surface area (Å²) in [6, 6.07) is 17.3. The fraction of sp³-hybridized carbons (Fsp3) is 0.480. The molecule has 0 aliphatic carbocycles. The minimum absolute atomic E-state index is 0.0329. The number of ether oxygens (including phenoxy) is 1. The summed E-state index contributed by atoms with van der Waals surface area (Å²) in [7, 11) is 1.56. The third-order valence-electron chi connectivity index (χ3n) is 5.72. The van der Waals surface area contributed by atoms with Crippen LogP contribution in [0.2, 0.25) is 0 Å². The summed E-state index contributed by atoms with van der Waals surface area (Å²) in [5.74, 6) is 0.756. The van der Waals surface area contributed by atoms with Crippen LogP contribution in [0.4, 0.5) is 4.39 Å². The minimum Gasteiger partial charge on any atom is -0.375 e. The summed E-state index contributed by atoms with van der Waals surface area (Å²) in [5, 5.41) is 0. The number of carbonyl (C=O) groups excluding carboxylic acids is 1. The van der Waals surface area contributed by atoms with Crippen molar-refractivity contribution < 1.29 is 13.9 Å². The first-order chi connectivity index (χ1) is 14.5. The molecule has 1 fully saturated rings. The molecular weight excluding hydrogens is 379 g/mol. The zero-order valence-electron chi connectivity index (χ0n) is 18.3. The molecule has 0 spiro atoms. The predicted molar refractivity (Wildman–Crippen MR) is 118 cm³/mol. The number of likely N-dealkylation sites (tertiary alicyclic amines) is 1. The van der Waals surface area contributed by atoms with E-state index in [1.165, 1.54) is 17.7 Å². The van der Waals surface area contributed by atoms with E-state index in [-0.39, 0.29) is 24.2 Å². The summed E-state index contributed by atoms with van der Waals surface area (Å²) in [6.45, 7) is 8.45. The maximum atomic E-state index is 13.5. The van der Waals surface area contributed by atoms with E-state index in [0.717, 1.165) is 25.2 Å². The van der Waals surface area contributed by atoms with Crippen LogP contribution in [0.3, 0.4) is 0 Å². The molecule has 30 heavy (non-hydrogen) atoms. The van der Waals surface area contributed by atoms with Crippen LogP contribution in [0, 0.1) is 17.7 Å². The van der Waals surface area contributed by atoms with Gasteiger partial charge in [-0.15, -0.1) is 0 Å². The first kappa shape index (κ1) is 22.4. The number of methoxy groups -OCH3 is 1. The van der Waals surface area contributed by atoms with Crippen LogP contribution >= 0.6 is 0 Å². The van der Waals surface area contributed by atoms with E-state index in [1.807, 2.05) is 23.1 Å². The van der Waals surface area contributed by atoms with Gasteiger partial charge in [-0.1, -0.05) is 56.3 Å². The summed E-state index contributed by atoms with van der Waals surface area (Å²) < 4.78 is 18.6. The van der Waals surface area contributed by atoms with E-state index in [9.17, 15) is 9.18 Å². The average molecular weight is 413 g/mol. The third kappa shape index (κ3) is 6.13. The van der Waals surface area contributed by atoms with Gasteiger partial charge in [-0.2, -0.15) is 0 Å². The molecule has 1 saturated heterocycles. The molecule has 1 amide bonds. The number of benzene rings is 2. The lowest BCUT2D eigenvalue weighted by molar-refractivity contribution is -0.136. The molecule has 1 heterocycles. The number of halogens is 1. The van der Waals surface area contributed by atoms with E-state index >= 15 is 0 Å². The number of hydrogen-bond acceptors (Lipinski definition) is 3. The number of amides is 1. The molecule has 1 aliphatic heterocycles. The standard InChI is InChI=1S/C25H33FN2O2/c1-19(2)13-28(25(29)18-30-3)16-22-15-27(14-20-7-5-4-6-8-20)17-24(22)21-9-11-23(26)12-10-21/h4-12,19,22,24H,13-18H2,1-3H3. The third-order valence-corrected chi connectivity index (χ3v) is 5.72. The van der Waals surface area contributed by atoms with Crippen LogP contribution in [0.15, 0.2) is 54.6 Å². The molecule has 2 aromatic rings. The minimum atomic E-state index is -0.217. The van der Waals surface area contributed by atoms with Crippen molar-refractivity contribution in [1.82, 2.24) is 9.80 Å². The molecule has 162 valence electrons. The normalized spacial score (nSPS) is 19.4. The Morgan fingerprint density at radius 3 is 2.47 bits per heavy atom. The van der Waals surface area contributed by atoms with Gasteiger partial charge in [-0.25, -0.2) is 4.39 Å². The van der Waals surface area contributed by atoms with Crippen molar-refractivity contribution in [2.45, 2.75) is 26.3 Å². The Morgan fingerprint density at radius 1 is 1.13 bits per heavy atom. The number of rotatable bonds is 9. The monoisotopic (exact) mass is 412 g/mol. The highest BCUT2D eigenvalue weighted by atomic mass is 19.1. The zero-order valence-corrected chi connectivity index (χ0v) is 18.3. The summed E-state index contributed by atoms with van der Waals surface area (Å²) in [5.41, 5.74) is 2.42. The molecular formula is C25H33FN2O2. The SMILES string of the molecule is COCC(=O)N(CC(C)C)CC1CN(Cc2ccccc2)CC1c1ccc(F)cc1. The van der Waals surface area contributed by atoms with Crippen molar-refractivity contribution >= 4 is 5.91 Å². The summed E-state index contributed by atoms with van der Waals surface area (Å²) >= 11 is 0. The van der Waals surface area contributed by atoms with Gasteiger partial charge in [0.25, 0.3) is 0 Å². The molecule has 2 unspecified atom stereocenters. The Kier molecular flexibility index (Phi) is 8.00. The molecule has 2 atom stereocenters. The first-order valence-corrected chi connectivity index (χ1v) is 10.7. The quantitative estimate of drug-likeness (QED) is 0.620. The number of nitrogens with zero attached hydrogens (tertiary/aromatic N) is 2. The lowest BCUT2D eigenvalue weighted by atomic mass is 9.88. The van der Waals surface area contributed by atoms with Crippen molar-refractivity contribution in [3.05, 3.63) is 71.5 Å². The van der Waals surface area contributed by atoms with Gasteiger partial charge in [0.05, 0.1) is 0 Å². The highest BCUT2D eigenvalue weighted by Crippen LogP contribution is 2.34. The Morgan fingerprint density at radius 2 is 1.83 bits per heavy atom. The molecule has 0 radical (unpaired) electrons. The van der Waals surface area contributed by atoms with Crippen molar-refractivity contribution in [2.75, 3.05) is 39.9 Å². The van der Waals surface area contributed by atoms with Crippen LogP contribution in [0.25, 0.3) is 0 Å². The smallest absolute Gasteiger partial charge is 0.248 e. The maximum Gasteiger partial charge on any atom is 0.248 e. The Balaban J connectivity index is 1.79. The van der Waals surface area contributed by atoms with Gasteiger partial charge >= 0.3 is 0 Å². The molecule has 1 aliphatic rings. The average Bonchev–Trinajstić information content (AvgIpc) is 3.11. The predicted octanol–water partition coefficient (Wildman–Crippen LogP) is 4.17. The van der Waals surface area contributed by atoms with Crippen LogP contribution in [-0.4, -0.2) is 55.6 Å². The fourth-order valence-corrected chi connectivity index (χ4v) is 4.42. The van der Waals surface area contributed by atoms with E-state index in [4.69, 9.17) is 4.74 Å². The molecule has 0 aromatic heterocycles. The molecule has 0 saturated carbocycles. The van der Waals surface area contributed by atoms with Gasteiger partial charge < -0.3 is 9.64 Å². The van der Waals surface area contributed by atoms with Crippen molar-refractivity contribution in [2.24, 2.45) is 11.8 Å². The molecule has 0 bridgehead atoms. The Bertz CT molecular complexity index is 795. The number of hydrogen-bond donors (Lipinski definition) is 0. The molecule has 0 N–H and O–H groups in total. The second kappa shape index (κ2) is 10.7. The van der Waals surface area contributed by atoms with Gasteiger partial charge in [0.15, 0.2) is 0 Å². The lowest BCUT2D eigenvalue weighted by Gasteiger charge is -2.30. The van der Waals surface area contributed by atoms with Crippen LogP contribution in [0.5, 0.6) is 0 Å². The van der Waals surface area contributed by atoms with E-state index in [0.29, 0.717) is 24.9 Å². The largest absolute Gasteiger partial charge is 0.375 e. The molecule has 2 aromatic carbocycles. The topological polar surface area (TPSA) is 32.8 Å². The van der Waals surface area contributed by atoms with Gasteiger partial charge in [-0.05, 0) is 35.1 Å². The van der Waals surface area contributed by atoms with Crippen LogP contribution in [0.1, 0.15) is 30.9 Å². The van der Waals surface area contributed by atoms with Gasteiger partial charge in [0.2, 0.25) is 5.91 Å². The highest BCUT2D eigenvalue weighted by Gasteiger charge is 2.35.